The summed E-state index contributed by atoms with van der Waals surface area (Å²) in [5, 5.41) is 0. The second-order valence-electron chi connectivity index (χ2n) is 10.7. The maximum absolute atomic E-state index is 12.8. The van der Waals surface area contributed by atoms with Gasteiger partial charge in [-0.1, -0.05) is 19.6 Å². The molecule has 1 aliphatic rings. The molecule has 0 bridgehead atoms. The number of aromatic nitrogens is 2. The Kier molecular flexibility index (Phi) is 7.09. The van der Waals surface area contributed by atoms with E-state index in [1.807, 2.05) is 32.9 Å². The number of hydrogen-bond acceptors (Lipinski definition) is 5. The van der Waals surface area contributed by atoms with Crippen LogP contribution in [-0.2, 0) is 23.3 Å². The lowest BCUT2D eigenvalue weighted by Gasteiger charge is -2.36. The number of hydrogen-bond donors (Lipinski definition) is 0. The minimum absolute atomic E-state index is 0.0695. The number of ether oxygens (including phenoxy) is 2. The van der Waals surface area contributed by atoms with Crippen LogP contribution in [0, 0.1) is 0 Å². The molecule has 2 heterocycles. The summed E-state index contributed by atoms with van der Waals surface area (Å²) < 4.78 is 14.7. The third kappa shape index (κ3) is 5.95. The second kappa shape index (κ2) is 9.31. The molecule has 1 saturated heterocycles. The number of piperazine rings is 1. The molecular formula is C23H38N4O4Si. The first kappa shape index (κ1) is 24.4. The SMILES string of the molecule is Cn1c(=O)n(COCC[Si](C)(C)C)c2ccc(N3CCN(C(=O)OC(C)(C)C)CC3)cc21. The van der Waals surface area contributed by atoms with Crippen LogP contribution in [0.1, 0.15) is 20.8 Å². The molecule has 2 aromatic rings. The van der Waals surface area contributed by atoms with Gasteiger partial charge < -0.3 is 19.3 Å². The highest BCUT2D eigenvalue weighted by atomic mass is 28.3. The molecule has 178 valence electrons. The molecule has 32 heavy (non-hydrogen) atoms. The van der Waals surface area contributed by atoms with Gasteiger partial charge in [0, 0.05) is 53.6 Å². The van der Waals surface area contributed by atoms with Crippen molar-refractivity contribution in [3.05, 3.63) is 28.7 Å². The van der Waals surface area contributed by atoms with E-state index in [1.165, 1.54) is 0 Å². The molecule has 0 aliphatic carbocycles. The van der Waals surface area contributed by atoms with Gasteiger partial charge in [-0.25, -0.2) is 9.59 Å². The van der Waals surface area contributed by atoms with Gasteiger partial charge in [0.2, 0.25) is 0 Å². The lowest BCUT2D eigenvalue weighted by molar-refractivity contribution is 0.0240. The summed E-state index contributed by atoms with van der Waals surface area (Å²) in [4.78, 5) is 29.1. The molecule has 0 saturated carbocycles. The number of anilines is 1. The smallest absolute Gasteiger partial charge is 0.410 e. The number of amides is 1. The van der Waals surface area contributed by atoms with Crippen molar-refractivity contribution in [1.82, 2.24) is 14.0 Å². The van der Waals surface area contributed by atoms with E-state index in [2.05, 4.69) is 30.6 Å². The van der Waals surface area contributed by atoms with E-state index in [-0.39, 0.29) is 18.5 Å². The third-order valence-electron chi connectivity index (χ3n) is 5.64. The van der Waals surface area contributed by atoms with Crippen LogP contribution in [0.25, 0.3) is 11.0 Å². The van der Waals surface area contributed by atoms with E-state index < -0.39 is 13.7 Å². The largest absolute Gasteiger partial charge is 0.444 e. The number of rotatable bonds is 6. The molecule has 1 aliphatic heterocycles. The highest BCUT2D eigenvalue weighted by Crippen LogP contribution is 2.23. The third-order valence-corrected chi connectivity index (χ3v) is 7.35. The molecule has 1 amide bonds. The number of carbonyl (C=O) groups is 1. The minimum Gasteiger partial charge on any atom is -0.444 e. The number of carbonyl (C=O) groups excluding carboxylic acids is 1. The van der Waals surface area contributed by atoms with E-state index in [0.29, 0.717) is 19.7 Å². The summed E-state index contributed by atoms with van der Waals surface area (Å²) in [6.45, 7) is 16.2. The summed E-state index contributed by atoms with van der Waals surface area (Å²) in [5.41, 5.74) is 2.25. The molecule has 0 spiro atoms. The zero-order chi connectivity index (χ0) is 23.7. The van der Waals surface area contributed by atoms with E-state index in [9.17, 15) is 9.59 Å². The maximum Gasteiger partial charge on any atom is 0.410 e. The fourth-order valence-electron chi connectivity index (χ4n) is 3.73. The van der Waals surface area contributed by atoms with Gasteiger partial charge in [-0.2, -0.15) is 0 Å². The normalized spacial score (nSPS) is 15.5. The highest BCUT2D eigenvalue weighted by molar-refractivity contribution is 6.76. The monoisotopic (exact) mass is 462 g/mol. The van der Waals surface area contributed by atoms with Crippen LogP contribution >= 0.6 is 0 Å². The number of fused-ring (bicyclic) bond motifs is 1. The molecule has 1 aromatic heterocycles. The Morgan fingerprint density at radius 3 is 2.31 bits per heavy atom. The molecule has 0 unspecified atom stereocenters. The number of imidazole rings is 1. The number of aryl methyl sites for hydroxylation is 1. The Bertz CT molecular complexity index is 1010. The van der Waals surface area contributed by atoms with Gasteiger partial charge in [0.25, 0.3) is 0 Å². The Morgan fingerprint density at radius 1 is 1.06 bits per heavy atom. The highest BCUT2D eigenvalue weighted by Gasteiger charge is 2.26. The van der Waals surface area contributed by atoms with Crippen molar-refractivity contribution < 1.29 is 14.3 Å². The average Bonchev–Trinajstić information content (AvgIpc) is 2.93. The van der Waals surface area contributed by atoms with Crippen LogP contribution in [0.3, 0.4) is 0 Å². The van der Waals surface area contributed by atoms with Gasteiger partial charge in [0.05, 0.1) is 11.0 Å². The molecule has 1 aromatic carbocycles. The molecule has 0 N–H and O–H groups in total. The van der Waals surface area contributed by atoms with E-state index in [0.717, 1.165) is 35.9 Å². The van der Waals surface area contributed by atoms with Crippen LogP contribution < -0.4 is 10.6 Å². The number of nitrogens with zero attached hydrogens (tertiary/aromatic N) is 4. The van der Waals surface area contributed by atoms with Gasteiger partial charge >= 0.3 is 11.8 Å². The van der Waals surface area contributed by atoms with Crippen molar-refractivity contribution in [3.8, 4) is 0 Å². The predicted octanol–water partition coefficient (Wildman–Crippen LogP) is 3.71. The van der Waals surface area contributed by atoms with Crippen LogP contribution in [0.4, 0.5) is 10.5 Å². The molecular weight excluding hydrogens is 424 g/mol. The van der Waals surface area contributed by atoms with Crippen molar-refractivity contribution in [2.45, 2.75) is 58.8 Å². The number of benzene rings is 1. The van der Waals surface area contributed by atoms with Gasteiger partial charge in [-0.3, -0.25) is 9.13 Å². The molecule has 9 heteroatoms. The Hall–Kier alpha value is -2.26. The van der Waals surface area contributed by atoms with Crippen LogP contribution in [0.15, 0.2) is 23.0 Å². The van der Waals surface area contributed by atoms with Crippen molar-refractivity contribution in [1.29, 1.82) is 0 Å². The van der Waals surface area contributed by atoms with Crippen molar-refractivity contribution >= 4 is 30.9 Å². The van der Waals surface area contributed by atoms with Gasteiger partial charge in [-0.15, -0.1) is 0 Å². The minimum atomic E-state index is -1.16. The molecule has 3 rings (SSSR count). The Balaban J connectivity index is 1.68. The van der Waals surface area contributed by atoms with Crippen LogP contribution in [-0.4, -0.2) is 66.6 Å². The van der Waals surface area contributed by atoms with Gasteiger partial charge in [0.15, 0.2) is 0 Å². The van der Waals surface area contributed by atoms with E-state index in [1.54, 1.807) is 21.1 Å². The summed E-state index contributed by atoms with van der Waals surface area (Å²) in [6, 6.07) is 7.17. The van der Waals surface area contributed by atoms with Crippen LogP contribution in [0.5, 0.6) is 0 Å². The summed E-state index contributed by atoms with van der Waals surface area (Å²) in [7, 11) is 0.635. The molecule has 1 fully saturated rings. The zero-order valence-electron chi connectivity index (χ0n) is 20.6. The van der Waals surface area contributed by atoms with Crippen molar-refractivity contribution in [3.63, 3.8) is 0 Å². The maximum atomic E-state index is 12.8. The second-order valence-corrected chi connectivity index (χ2v) is 16.4. The fourth-order valence-corrected chi connectivity index (χ4v) is 4.48. The average molecular weight is 463 g/mol. The van der Waals surface area contributed by atoms with Gasteiger partial charge in [0.1, 0.15) is 12.3 Å². The zero-order valence-corrected chi connectivity index (χ0v) is 21.6. The first-order valence-corrected chi connectivity index (χ1v) is 15.1. The topological polar surface area (TPSA) is 68.9 Å². The van der Waals surface area contributed by atoms with E-state index >= 15 is 0 Å². The molecule has 0 atom stereocenters. The first-order chi connectivity index (χ1) is 14.9. The summed E-state index contributed by atoms with van der Waals surface area (Å²) in [6.07, 6.45) is -0.263. The van der Waals surface area contributed by atoms with Crippen molar-refractivity contribution in [2.75, 3.05) is 37.7 Å². The Morgan fingerprint density at radius 2 is 1.72 bits per heavy atom. The molecule has 0 radical (unpaired) electrons. The molecule has 8 nitrogen and oxygen atoms in total. The first-order valence-electron chi connectivity index (χ1n) is 11.4. The quantitative estimate of drug-likeness (QED) is 0.484. The summed E-state index contributed by atoms with van der Waals surface area (Å²) >= 11 is 0. The van der Waals surface area contributed by atoms with E-state index in [4.69, 9.17) is 9.47 Å². The Labute approximate surface area is 191 Å². The van der Waals surface area contributed by atoms with Gasteiger partial charge in [-0.05, 0) is 45.0 Å². The predicted molar refractivity (Wildman–Crippen MR) is 131 cm³/mol. The fraction of sp³-hybridized carbons (Fsp3) is 0.652. The van der Waals surface area contributed by atoms with Crippen molar-refractivity contribution in [2.24, 2.45) is 7.05 Å². The van der Waals surface area contributed by atoms with Crippen LogP contribution in [0.2, 0.25) is 25.7 Å². The summed E-state index contributed by atoms with van der Waals surface area (Å²) in [5.74, 6) is 0. The lowest BCUT2D eigenvalue weighted by Crippen LogP contribution is -2.50. The standard InChI is InChI=1S/C23H38N4O4Si/c1-23(2,3)31-22(29)26-12-10-25(11-13-26)18-8-9-19-20(16-18)24(4)21(28)27(19)17-30-14-15-32(5,6)7/h8-9,16H,10-15,17H2,1-7H3. The lowest BCUT2D eigenvalue weighted by atomic mass is 10.2.